The van der Waals surface area contributed by atoms with Gasteiger partial charge in [-0.25, -0.2) is 9.97 Å². The molecule has 0 radical (unpaired) electrons. The highest BCUT2D eigenvalue weighted by molar-refractivity contribution is 5.56. The molecule has 0 atom stereocenters. The van der Waals surface area contributed by atoms with Gasteiger partial charge in [0, 0.05) is 11.0 Å². The van der Waals surface area contributed by atoms with Gasteiger partial charge in [-0.1, -0.05) is 20.8 Å². The summed E-state index contributed by atoms with van der Waals surface area (Å²) in [6.07, 6.45) is 3.08. The Bertz CT molecular complexity index is 470. The van der Waals surface area contributed by atoms with Gasteiger partial charge >= 0.3 is 0 Å². The minimum Gasteiger partial charge on any atom is -0.394 e. The zero-order chi connectivity index (χ0) is 14.3. The predicted octanol–water partition coefficient (Wildman–Crippen LogP) is 1.99. The van der Waals surface area contributed by atoms with Crippen LogP contribution in [0.3, 0.4) is 0 Å². The summed E-state index contributed by atoms with van der Waals surface area (Å²) in [7, 11) is 0. The van der Waals surface area contributed by atoms with Crippen molar-refractivity contribution >= 4 is 11.6 Å². The Kier molecular flexibility index (Phi) is 3.43. The summed E-state index contributed by atoms with van der Waals surface area (Å²) in [5.74, 6) is 1.99. The fraction of sp³-hybridized carbons (Fsp3) is 0.714. The third kappa shape index (κ3) is 2.66. The summed E-state index contributed by atoms with van der Waals surface area (Å²) >= 11 is 0. The number of aliphatic hydroxyl groups is 1. The van der Waals surface area contributed by atoms with Crippen molar-refractivity contribution < 1.29 is 5.11 Å². The highest BCUT2D eigenvalue weighted by Gasteiger charge is 2.37. The van der Waals surface area contributed by atoms with E-state index in [1.165, 1.54) is 0 Å². The topological polar surface area (TPSA) is 84.1 Å². The number of rotatable bonds is 3. The van der Waals surface area contributed by atoms with Gasteiger partial charge < -0.3 is 16.2 Å². The Morgan fingerprint density at radius 1 is 1.32 bits per heavy atom. The molecular weight excluding hydrogens is 240 g/mol. The van der Waals surface area contributed by atoms with Crippen LogP contribution in [0.4, 0.5) is 11.6 Å². The molecule has 1 aliphatic carbocycles. The molecule has 19 heavy (non-hydrogen) atoms. The average Bonchev–Trinajstić information content (AvgIpc) is 2.27. The van der Waals surface area contributed by atoms with Crippen LogP contribution in [0.2, 0.25) is 0 Å². The molecule has 0 amide bonds. The first-order chi connectivity index (χ1) is 8.77. The maximum atomic E-state index is 9.55. The third-order valence-corrected chi connectivity index (χ3v) is 3.85. The second-order valence-corrected chi connectivity index (χ2v) is 6.57. The van der Waals surface area contributed by atoms with Crippen LogP contribution in [0.25, 0.3) is 0 Å². The Morgan fingerprint density at radius 2 is 1.95 bits per heavy atom. The first kappa shape index (κ1) is 14.1. The lowest BCUT2D eigenvalue weighted by molar-refractivity contribution is 0.143. The number of aliphatic hydroxyl groups excluding tert-OH is 1. The molecular formula is C14H24N4O. The highest BCUT2D eigenvalue weighted by atomic mass is 16.3. The Morgan fingerprint density at radius 3 is 2.37 bits per heavy atom. The van der Waals surface area contributed by atoms with Crippen molar-refractivity contribution in [3.05, 3.63) is 11.4 Å². The summed E-state index contributed by atoms with van der Waals surface area (Å²) in [6.45, 7) is 8.22. The minimum absolute atomic E-state index is 0.126. The lowest BCUT2D eigenvalue weighted by Crippen LogP contribution is -2.48. The van der Waals surface area contributed by atoms with Crippen molar-refractivity contribution in [1.82, 2.24) is 9.97 Å². The number of aromatic nitrogens is 2. The zero-order valence-electron chi connectivity index (χ0n) is 12.2. The number of nitrogens with one attached hydrogen (secondary N) is 1. The van der Waals surface area contributed by atoms with E-state index in [9.17, 15) is 5.11 Å². The first-order valence-electron chi connectivity index (χ1n) is 6.81. The van der Waals surface area contributed by atoms with Crippen LogP contribution in [0.15, 0.2) is 0 Å². The van der Waals surface area contributed by atoms with Crippen LogP contribution in [0.5, 0.6) is 0 Å². The van der Waals surface area contributed by atoms with Gasteiger partial charge in [-0.3, -0.25) is 0 Å². The lowest BCUT2D eigenvalue weighted by atomic mass is 9.77. The van der Waals surface area contributed by atoms with Crippen LogP contribution in [-0.2, 0) is 5.41 Å². The molecule has 1 aliphatic rings. The van der Waals surface area contributed by atoms with Crippen molar-refractivity contribution in [3.63, 3.8) is 0 Å². The third-order valence-electron chi connectivity index (χ3n) is 3.85. The Labute approximate surface area is 114 Å². The predicted molar refractivity (Wildman–Crippen MR) is 77.2 cm³/mol. The molecule has 5 heteroatoms. The van der Waals surface area contributed by atoms with E-state index in [4.69, 9.17) is 5.73 Å². The lowest BCUT2D eigenvalue weighted by Gasteiger charge is -2.42. The fourth-order valence-electron chi connectivity index (χ4n) is 2.17. The fourth-order valence-corrected chi connectivity index (χ4v) is 2.17. The molecule has 5 nitrogen and oxygen atoms in total. The second-order valence-electron chi connectivity index (χ2n) is 6.57. The van der Waals surface area contributed by atoms with Crippen LogP contribution in [0, 0.1) is 6.92 Å². The molecule has 1 aromatic heterocycles. The molecule has 0 aromatic carbocycles. The molecule has 4 N–H and O–H groups in total. The summed E-state index contributed by atoms with van der Waals surface area (Å²) in [5.41, 5.74) is 6.47. The van der Waals surface area contributed by atoms with E-state index >= 15 is 0 Å². The van der Waals surface area contributed by atoms with Gasteiger partial charge in [0.1, 0.15) is 17.5 Å². The number of nitrogens with zero attached hydrogens (tertiary/aromatic N) is 2. The smallest absolute Gasteiger partial charge is 0.138 e. The van der Waals surface area contributed by atoms with Gasteiger partial charge in [0.25, 0.3) is 0 Å². The van der Waals surface area contributed by atoms with Crippen molar-refractivity contribution in [2.75, 3.05) is 17.7 Å². The molecule has 1 fully saturated rings. The largest absolute Gasteiger partial charge is 0.394 e. The molecule has 0 bridgehead atoms. The van der Waals surface area contributed by atoms with Crippen LogP contribution in [-0.4, -0.2) is 27.2 Å². The van der Waals surface area contributed by atoms with E-state index in [1.807, 2.05) is 6.92 Å². The molecule has 1 aromatic rings. The maximum absolute atomic E-state index is 9.55. The number of nitrogens with two attached hydrogens (primary N) is 1. The van der Waals surface area contributed by atoms with Gasteiger partial charge in [0.05, 0.1) is 12.1 Å². The van der Waals surface area contributed by atoms with Crippen molar-refractivity contribution in [1.29, 1.82) is 0 Å². The molecule has 0 saturated heterocycles. The second kappa shape index (κ2) is 4.63. The van der Waals surface area contributed by atoms with Gasteiger partial charge in [-0.2, -0.15) is 0 Å². The molecule has 0 spiro atoms. The van der Waals surface area contributed by atoms with Crippen LogP contribution >= 0.6 is 0 Å². The first-order valence-corrected chi connectivity index (χ1v) is 6.81. The molecule has 1 heterocycles. The maximum Gasteiger partial charge on any atom is 0.138 e. The van der Waals surface area contributed by atoms with Crippen molar-refractivity contribution in [3.8, 4) is 0 Å². The summed E-state index contributed by atoms with van der Waals surface area (Å²) in [4.78, 5) is 8.97. The van der Waals surface area contributed by atoms with Crippen molar-refractivity contribution in [2.45, 2.75) is 57.9 Å². The molecule has 0 aliphatic heterocycles. The normalized spacial score (nSPS) is 17.9. The SMILES string of the molecule is Cc1c(N)nc(C(C)(C)C)nc1NC1(CO)CCC1. The van der Waals surface area contributed by atoms with E-state index < -0.39 is 0 Å². The monoisotopic (exact) mass is 264 g/mol. The number of hydrogen-bond donors (Lipinski definition) is 3. The van der Waals surface area contributed by atoms with Crippen LogP contribution < -0.4 is 11.1 Å². The van der Waals surface area contributed by atoms with E-state index in [0.29, 0.717) is 5.82 Å². The molecule has 1 saturated carbocycles. The molecule has 0 unspecified atom stereocenters. The summed E-state index contributed by atoms with van der Waals surface area (Å²) in [5, 5.41) is 12.9. The quantitative estimate of drug-likeness (QED) is 0.777. The van der Waals surface area contributed by atoms with Gasteiger partial charge in [0.2, 0.25) is 0 Å². The zero-order valence-corrected chi connectivity index (χ0v) is 12.2. The standard InChI is InChI=1S/C14H24N4O/c1-9-10(15)16-12(13(2,3)4)17-11(9)18-14(8-19)6-5-7-14/h19H,5-8H2,1-4H3,(H3,15,16,17,18). The van der Waals surface area contributed by atoms with Crippen LogP contribution in [0.1, 0.15) is 51.4 Å². The van der Waals surface area contributed by atoms with E-state index in [1.54, 1.807) is 0 Å². The minimum atomic E-state index is -0.222. The van der Waals surface area contributed by atoms with Gasteiger partial charge in [0.15, 0.2) is 0 Å². The van der Waals surface area contributed by atoms with Gasteiger partial charge in [-0.15, -0.1) is 0 Å². The van der Waals surface area contributed by atoms with Crippen molar-refractivity contribution in [2.24, 2.45) is 0 Å². The number of hydrogen-bond acceptors (Lipinski definition) is 5. The number of nitrogen functional groups attached to an aromatic ring is 1. The highest BCUT2D eigenvalue weighted by Crippen LogP contribution is 2.36. The summed E-state index contributed by atoms with van der Waals surface area (Å²) < 4.78 is 0. The Hall–Kier alpha value is -1.36. The van der Waals surface area contributed by atoms with E-state index in [-0.39, 0.29) is 17.6 Å². The summed E-state index contributed by atoms with van der Waals surface area (Å²) in [6, 6.07) is 0. The number of anilines is 2. The van der Waals surface area contributed by atoms with E-state index in [0.717, 1.165) is 36.5 Å². The molecule has 106 valence electrons. The van der Waals surface area contributed by atoms with E-state index in [2.05, 4.69) is 36.1 Å². The average molecular weight is 264 g/mol. The molecule has 2 rings (SSSR count). The Balaban J connectivity index is 2.36. The van der Waals surface area contributed by atoms with Gasteiger partial charge in [-0.05, 0) is 26.2 Å².